The number of hydrogen-bond acceptors (Lipinski definition) is 3. The second kappa shape index (κ2) is 4.72. The Morgan fingerprint density at radius 2 is 2.20 bits per heavy atom. The zero-order chi connectivity index (χ0) is 11.5. The number of sulfonamides is 1. The molecule has 0 bridgehead atoms. The van der Waals surface area contributed by atoms with E-state index in [0.717, 1.165) is 17.5 Å². The molecule has 1 atom stereocenters. The lowest BCUT2D eigenvalue weighted by atomic mass is 10.1. The molecule has 1 rings (SSSR count). The molecule has 5 heteroatoms. The van der Waals surface area contributed by atoms with E-state index in [1.807, 2.05) is 26.0 Å². The molecule has 0 unspecified atom stereocenters. The van der Waals surface area contributed by atoms with E-state index in [2.05, 4.69) is 9.71 Å². The van der Waals surface area contributed by atoms with Gasteiger partial charge in [0.05, 0.1) is 18.0 Å². The van der Waals surface area contributed by atoms with Gasteiger partial charge in [-0.15, -0.1) is 0 Å². The summed E-state index contributed by atoms with van der Waals surface area (Å²) in [6.07, 6.45) is 3.52. The number of hydrogen-bond donors (Lipinski definition) is 1. The first-order valence-electron chi connectivity index (χ1n) is 4.83. The van der Waals surface area contributed by atoms with Crippen molar-refractivity contribution in [2.75, 3.05) is 6.26 Å². The van der Waals surface area contributed by atoms with Gasteiger partial charge in [-0.2, -0.15) is 0 Å². The molecule has 0 aromatic carbocycles. The van der Waals surface area contributed by atoms with E-state index in [1.165, 1.54) is 0 Å². The third-order valence-corrected chi connectivity index (χ3v) is 2.86. The maximum absolute atomic E-state index is 11.1. The van der Waals surface area contributed by atoms with Crippen molar-refractivity contribution in [1.29, 1.82) is 0 Å². The summed E-state index contributed by atoms with van der Waals surface area (Å²) in [6.45, 7) is 3.85. The van der Waals surface area contributed by atoms with Crippen LogP contribution in [0.5, 0.6) is 0 Å². The molecule has 0 aliphatic rings. The lowest BCUT2D eigenvalue weighted by Gasteiger charge is -2.16. The summed E-state index contributed by atoms with van der Waals surface area (Å²) in [5, 5.41) is 0. The van der Waals surface area contributed by atoms with Crippen molar-refractivity contribution in [2.24, 2.45) is 0 Å². The summed E-state index contributed by atoms with van der Waals surface area (Å²) in [5.74, 6) is 0. The summed E-state index contributed by atoms with van der Waals surface area (Å²) in [7, 11) is -3.19. The summed E-state index contributed by atoms with van der Waals surface area (Å²) in [4.78, 5) is 4.21. The van der Waals surface area contributed by atoms with E-state index < -0.39 is 10.0 Å². The molecule has 0 spiro atoms. The Morgan fingerprint density at radius 3 is 2.67 bits per heavy atom. The third kappa shape index (κ3) is 3.60. The van der Waals surface area contributed by atoms with Crippen molar-refractivity contribution in [3.8, 4) is 0 Å². The van der Waals surface area contributed by atoms with E-state index in [4.69, 9.17) is 0 Å². The molecular weight excluding hydrogens is 212 g/mol. The maximum atomic E-state index is 11.1. The molecule has 0 aliphatic heterocycles. The number of nitrogens with zero attached hydrogens (tertiary/aromatic N) is 1. The summed E-state index contributed by atoms with van der Waals surface area (Å²) < 4.78 is 24.9. The zero-order valence-corrected chi connectivity index (χ0v) is 10.0. The van der Waals surface area contributed by atoms with E-state index in [9.17, 15) is 8.42 Å². The highest BCUT2D eigenvalue weighted by Crippen LogP contribution is 2.18. The van der Waals surface area contributed by atoms with Crippen LogP contribution in [0.15, 0.2) is 18.3 Å². The molecule has 1 N–H and O–H groups in total. The fraction of sp³-hybridized carbons (Fsp3) is 0.500. The second-order valence-corrected chi connectivity index (χ2v) is 5.34. The summed E-state index contributed by atoms with van der Waals surface area (Å²) in [6, 6.07) is 3.53. The third-order valence-electron chi connectivity index (χ3n) is 2.14. The van der Waals surface area contributed by atoms with E-state index >= 15 is 0 Å². The van der Waals surface area contributed by atoms with Crippen LogP contribution >= 0.6 is 0 Å². The van der Waals surface area contributed by atoms with Gasteiger partial charge in [0.15, 0.2) is 0 Å². The van der Waals surface area contributed by atoms with Gasteiger partial charge < -0.3 is 0 Å². The molecule has 84 valence electrons. The molecule has 1 heterocycles. The lowest BCUT2D eigenvalue weighted by Crippen LogP contribution is -2.28. The van der Waals surface area contributed by atoms with Crippen LogP contribution < -0.4 is 4.72 Å². The average Bonchev–Trinajstić information content (AvgIpc) is 2.14. The van der Waals surface area contributed by atoms with Gasteiger partial charge in [-0.25, -0.2) is 13.1 Å². The Bertz CT molecular complexity index is 429. The quantitative estimate of drug-likeness (QED) is 0.847. The van der Waals surface area contributed by atoms with Crippen molar-refractivity contribution >= 4 is 10.0 Å². The molecule has 0 saturated carbocycles. The Morgan fingerprint density at radius 1 is 1.53 bits per heavy atom. The van der Waals surface area contributed by atoms with Crippen LogP contribution in [0.3, 0.4) is 0 Å². The second-order valence-electron chi connectivity index (χ2n) is 3.56. The van der Waals surface area contributed by atoms with Gasteiger partial charge in [0.1, 0.15) is 0 Å². The summed E-state index contributed by atoms with van der Waals surface area (Å²) in [5.41, 5.74) is 1.80. The average molecular weight is 228 g/mol. The fourth-order valence-corrected chi connectivity index (χ4v) is 2.25. The number of pyridine rings is 1. The Kier molecular flexibility index (Phi) is 3.82. The number of aromatic nitrogens is 1. The molecule has 0 amide bonds. The van der Waals surface area contributed by atoms with Gasteiger partial charge in [0.25, 0.3) is 0 Å². The van der Waals surface area contributed by atoms with Gasteiger partial charge in [-0.1, -0.05) is 13.0 Å². The molecule has 0 radical (unpaired) electrons. The molecule has 15 heavy (non-hydrogen) atoms. The highest BCUT2D eigenvalue weighted by molar-refractivity contribution is 7.88. The standard InChI is InChI=1S/C10H16N2O2S/c1-4-9(12-15(3,13)14)10-8(2)6-5-7-11-10/h5-7,9,12H,4H2,1-3H3/t9-/m0/s1. The predicted octanol–water partition coefficient (Wildman–Crippen LogP) is 1.39. The van der Waals surface area contributed by atoms with E-state index in [0.29, 0.717) is 6.42 Å². The van der Waals surface area contributed by atoms with Crippen LogP contribution in [0, 0.1) is 6.92 Å². The largest absolute Gasteiger partial charge is 0.259 e. The van der Waals surface area contributed by atoms with Gasteiger partial charge in [0, 0.05) is 6.20 Å². The first-order chi connectivity index (χ1) is 6.94. The molecule has 0 aliphatic carbocycles. The minimum Gasteiger partial charge on any atom is -0.259 e. The topological polar surface area (TPSA) is 59.1 Å². The van der Waals surface area contributed by atoms with E-state index in [-0.39, 0.29) is 6.04 Å². The number of nitrogens with one attached hydrogen (secondary N) is 1. The van der Waals surface area contributed by atoms with Crippen LogP contribution in [-0.2, 0) is 10.0 Å². The van der Waals surface area contributed by atoms with Crippen molar-refractivity contribution < 1.29 is 8.42 Å². The fourth-order valence-electron chi connectivity index (χ4n) is 1.45. The minimum absolute atomic E-state index is 0.235. The number of aryl methyl sites for hydroxylation is 1. The van der Waals surface area contributed by atoms with Crippen molar-refractivity contribution in [2.45, 2.75) is 26.3 Å². The van der Waals surface area contributed by atoms with Crippen LogP contribution in [-0.4, -0.2) is 19.7 Å². The highest BCUT2D eigenvalue weighted by atomic mass is 32.2. The smallest absolute Gasteiger partial charge is 0.209 e. The van der Waals surface area contributed by atoms with Gasteiger partial charge >= 0.3 is 0 Å². The predicted molar refractivity (Wildman–Crippen MR) is 60.0 cm³/mol. The molecule has 4 nitrogen and oxygen atoms in total. The first-order valence-corrected chi connectivity index (χ1v) is 6.72. The Labute approximate surface area is 90.8 Å². The SMILES string of the molecule is CC[C@H](NS(C)(=O)=O)c1ncccc1C. The normalized spacial score (nSPS) is 13.8. The van der Waals surface area contributed by atoms with E-state index in [1.54, 1.807) is 6.20 Å². The Balaban J connectivity index is 2.98. The van der Waals surface area contributed by atoms with Crippen molar-refractivity contribution in [3.63, 3.8) is 0 Å². The molecular formula is C10H16N2O2S. The summed E-state index contributed by atoms with van der Waals surface area (Å²) >= 11 is 0. The van der Waals surface area contributed by atoms with Crippen LogP contribution in [0.4, 0.5) is 0 Å². The maximum Gasteiger partial charge on any atom is 0.209 e. The molecule has 1 aromatic heterocycles. The van der Waals surface area contributed by atoms with Crippen molar-refractivity contribution in [1.82, 2.24) is 9.71 Å². The first kappa shape index (κ1) is 12.1. The molecule has 0 fully saturated rings. The highest BCUT2D eigenvalue weighted by Gasteiger charge is 2.16. The molecule has 0 saturated heterocycles. The van der Waals surface area contributed by atoms with Crippen molar-refractivity contribution in [3.05, 3.63) is 29.6 Å². The van der Waals surface area contributed by atoms with Gasteiger partial charge in [-0.05, 0) is 25.0 Å². The lowest BCUT2D eigenvalue weighted by molar-refractivity contribution is 0.548. The van der Waals surface area contributed by atoms with Gasteiger partial charge in [0.2, 0.25) is 10.0 Å². The Hall–Kier alpha value is -0.940. The molecule has 1 aromatic rings. The minimum atomic E-state index is -3.19. The van der Waals surface area contributed by atoms with Crippen LogP contribution in [0.1, 0.15) is 30.6 Å². The van der Waals surface area contributed by atoms with Crippen LogP contribution in [0.2, 0.25) is 0 Å². The van der Waals surface area contributed by atoms with Crippen LogP contribution in [0.25, 0.3) is 0 Å². The van der Waals surface area contributed by atoms with Gasteiger partial charge in [-0.3, -0.25) is 4.98 Å². The number of rotatable bonds is 4. The monoisotopic (exact) mass is 228 g/mol. The zero-order valence-electron chi connectivity index (χ0n) is 9.19.